The Labute approximate surface area is 125 Å². The normalized spacial score (nSPS) is 10.3. The number of halogens is 2. The smallest absolute Gasteiger partial charge is 0.338 e. The monoisotopic (exact) mass is 336 g/mol. The number of hydrogen-bond acceptors (Lipinski definition) is 2. The quantitative estimate of drug-likeness (QED) is 0.620. The predicted molar refractivity (Wildman–Crippen MR) is 79.6 cm³/mol. The lowest BCUT2D eigenvalue weighted by Crippen LogP contribution is -2.06. The predicted octanol–water partition coefficient (Wildman–Crippen LogP) is 4.10. The topological polar surface area (TPSA) is 26.3 Å². The van der Waals surface area contributed by atoms with Crippen molar-refractivity contribution in [2.24, 2.45) is 0 Å². The maximum atomic E-state index is 13.5. The van der Waals surface area contributed by atoms with Crippen LogP contribution in [0.2, 0.25) is 0 Å². The number of carbonyl (C=O) groups excluding carboxylic acids is 1. The molecular weight excluding hydrogens is 323 g/mol. The van der Waals surface area contributed by atoms with Gasteiger partial charge in [0.05, 0.1) is 12.7 Å². The van der Waals surface area contributed by atoms with Crippen LogP contribution in [-0.4, -0.2) is 13.1 Å². The SMILES string of the molecule is COC(=O)c1ccccc1Cc1ccc(F)c(CBr)c1. The Hall–Kier alpha value is -1.68. The molecule has 0 aliphatic rings. The van der Waals surface area contributed by atoms with E-state index in [2.05, 4.69) is 15.9 Å². The molecule has 2 aromatic rings. The van der Waals surface area contributed by atoms with Crippen molar-refractivity contribution < 1.29 is 13.9 Å². The highest BCUT2D eigenvalue weighted by atomic mass is 79.9. The average molecular weight is 337 g/mol. The molecule has 0 fully saturated rings. The highest BCUT2D eigenvalue weighted by Crippen LogP contribution is 2.19. The van der Waals surface area contributed by atoms with E-state index in [4.69, 9.17) is 4.74 Å². The van der Waals surface area contributed by atoms with E-state index in [1.807, 2.05) is 12.1 Å². The largest absolute Gasteiger partial charge is 0.465 e. The standard InChI is InChI=1S/C16H14BrFO2/c1-20-16(19)14-5-3-2-4-12(14)8-11-6-7-15(18)13(9-11)10-17/h2-7,9H,8,10H2,1H3. The first-order valence-corrected chi connectivity index (χ1v) is 7.27. The van der Waals surface area contributed by atoms with E-state index in [0.717, 1.165) is 11.1 Å². The van der Waals surface area contributed by atoms with Crippen LogP contribution in [0.15, 0.2) is 42.5 Å². The van der Waals surface area contributed by atoms with E-state index in [0.29, 0.717) is 22.9 Å². The van der Waals surface area contributed by atoms with Crippen LogP contribution in [0.5, 0.6) is 0 Å². The summed E-state index contributed by atoms with van der Waals surface area (Å²) in [5.41, 5.74) is 2.97. The molecule has 104 valence electrons. The van der Waals surface area contributed by atoms with Crippen molar-refractivity contribution in [1.29, 1.82) is 0 Å². The first kappa shape index (κ1) is 14.7. The molecule has 0 aliphatic heterocycles. The van der Waals surface area contributed by atoms with Crippen LogP contribution in [0, 0.1) is 5.82 Å². The van der Waals surface area contributed by atoms with Crippen LogP contribution in [0.1, 0.15) is 27.0 Å². The lowest BCUT2D eigenvalue weighted by atomic mass is 9.98. The molecule has 0 heterocycles. The van der Waals surface area contributed by atoms with Crippen molar-refractivity contribution in [1.82, 2.24) is 0 Å². The molecule has 0 amide bonds. The minimum atomic E-state index is -0.358. The zero-order valence-electron chi connectivity index (χ0n) is 11.0. The maximum absolute atomic E-state index is 13.5. The summed E-state index contributed by atoms with van der Waals surface area (Å²) in [6, 6.07) is 12.3. The summed E-state index contributed by atoms with van der Waals surface area (Å²) in [5, 5.41) is 0.464. The molecule has 0 saturated heterocycles. The molecule has 4 heteroatoms. The Morgan fingerprint density at radius 1 is 1.20 bits per heavy atom. The van der Waals surface area contributed by atoms with Crippen LogP contribution in [0.25, 0.3) is 0 Å². The second-order valence-electron chi connectivity index (χ2n) is 4.38. The summed E-state index contributed by atoms with van der Waals surface area (Å²) in [5.74, 6) is -0.588. The summed E-state index contributed by atoms with van der Waals surface area (Å²) in [6.45, 7) is 0. The molecule has 0 atom stereocenters. The van der Waals surface area contributed by atoms with Gasteiger partial charge in [-0.05, 0) is 35.2 Å². The zero-order valence-corrected chi connectivity index (χ0v) is 12.6. The minimum Gasteiger partial charge on any atom is -0.465 e. The van der Waals surface area contributed by atoms with Crippen molar-refractivity contribution in [2.45, 2.75) is 11.8 Å². The Kier molecular flexibility index (Phi) is 4.90. The lowest BCUT2D eigenvalue weighted by Gasteiger charge is -2.09. The van der Waals surface area contributed by atoms with E-state index in [-0.39, 0.29) is 11.8 Å². The van der Waals surface area contributed by atoms with Crippen LogP contribution in [-0.2, 0) is 16.5 Å². The van der Waals surface area contributed by atoms with Gasteiger partial charge in [0.25, 0.3) is 0 Å². The maximum Gasteiger partial charge on any atom is 0.338 e. The molecule has 0 aromatic heterocycles. The van der Waals surface area contributed by atoms with Crippen LogP contribution in [0.4, 0.5) is 4.39 Å². The Bertz CT molecular complexity index is 626. The second-order valence-corrected chi connectivity index (χ2v) is 4.95. The number of hydrogen-bond donors (Lipinski definition) is 0. The van der Waals surface area contributed by atoms with Gasteiger partial charge >= 0.3 is 5.97 Å². The summed E-state index contributed by atoms with van der Waals surface area (Å²) in [4.78, 5) is 11.7. The summed E-state index contributed by atoms with van der Waals surface area (Å²) in [6.07, 6.45) is 0.561. The fraction of sp³-hybridized carbons (Fsp3) is 0.188. The summed E-state index contributed by atoms with van der Waals surface area (Å²) >= 11 is 3.26. The highest BCUT2D eigenvalue weighted by molar-refractivity contribution is 9.08. The lowest BCUT2D eigenvalue weighted by molar-refractivity contribution is 0.0599. The van der Waals surface area contributed by atoms with Gasteiger partial charge in [0, 0.05) is 5.33 Å². The van der Waals surface area contributed by atoms with Crippen LogP contribution < -0.4 is 0 Å². The van der Waals surface area contributed by atoms with Crippen LogP contribution in [0.3, 0.4) is 0 Å². The molecule has 2 nitrogen and oxygen atoms in total. The molecular formula is C16H14BrFO2. The fourth-order valence-electron chi connectivity index (χ4n) is 2.04. The number of ether oxygens (including phenoxy) is 1. The van der Waals surface area contributed by atoms with Gasteiger partial charge in [0.15, 0.2) is 0 Å². The minimum absolute atomic E-state index is 0.230. The first-order chi connectivity index (χ1) is 9.65. The fourth-order valence-corrected chi connectivity index (χ4v) is 2.47. The molecule has 0 unspecified atom stereocenters. The van der Waals surface area contributed by atoms with Crippen molar-refractivity contribution in [3.63, 3.8) is 0 Å². The van der Waals surface area contributed by atoms with Gasteiger partial charge in [-0.2, -0.15) is 0 Å². The second kappa shape index (κ2) is 6.66. The Morgan fingerprint density at radius 2 is 1.95 bits per heavy atom. The van der Waals surface area contributed by atoms with Crippen molar-refractivity contribution in [2.75, 3.05) is 7.11 Å². The number of alkyl halides is 1. The van der Waals surface area contributed by atoms with Gasteiger partial charge in [0.1, 0.15) is 5.82 Å². The van der Waals surface area contributed by atoms with Crippen molar-refractivity contribution >= 4 is 21.9 Å². The number of methoxy groups -OCH3 is 1. The van der Waals surface area contributed by atoms with E-state index >= 15 is 0 Å². The van der Waals surface area contributed by atoms with Gasteiger partial charge in [-0.3, -0.25) is 0 Å². The van der Waals surface area contributed by atoms with Crippen LogP contribution >= 0.6 is 15.9 Å². The number of benzene rings is 2. The highest BCUT2D eigenvalue weighted by Gasteiger charge is 2.12. The van der Waals surface area contributed by atoms with Gasteiger partial charge in [-0.1, -0.05) is 46.3 Å². The average Bonchev–Trinajstić information content (AvgIpc) is 2.49. The Balaban J connectivity index is 2.33. The number of esters is 1. The van der Waals surface area contributed by atoms with E-state index in [9.17, 15) is 9.18 Å². The molecule has 0 saturated carbocycles. The zero-order chi connectivity index (χ0) is 14.5. The first-order valence-electron chi connectivity index (χ1n) is 6.15. The van der Waals surface area contributed by atoms with E-state index < -0.39 is 0 Å². The summed E-state index contributed by atoms with van der Waals surface area (Å²) in [7, 11) is 1.36. The molecule has 20 heavy (non-hydrogen) atoms. The van der Waals surface area contributed by atoms with Crippen molar-refractivity contribution in [3.05, 3.63) is 70.5 Å². The third-order valence-electron chi connectivity index (χ3n) is 3.07. The number of rotatable bonds is 4. The van der Waals surface area contributed by atoms with E-state index in [1.165, 1.54) is 13.2 Å². The third kappa shape index (κ3) is 3.25. The molecule has 0 N–H and O–H groups in total. The van der Waals surface area contributed by atoms with Gasteiger partial charge < -0.3 is 4.74 Å². The number of carbonyl (C=O) groups is 1. The molecule has 0 radical (unpaired) electrons. The summed E-state index contributed by atoms with van der Waals surface area (Å²) < 4.78 is 18.2. The van der Waals surface area contributed by atoms with Gasteiger partial charge in [-0.15, -0.1) is 0 Å². The molecule has 0 spiro atoms. The van der Waals surface area contributed by atoms with E-state index in [1.54, 1.807) is 24.3 Å². The molecule has 2 aromatic carbocycles. The molecule has 2 rings (SSSR count). The molecule has 0 bridgehead atoms. The van der Waals surface area contributed by atoms with Gasteiger partial charge in [0.2, 0.25) is 0 Å². The third-order valence-corrected chi connectivity index (χ3v) is 3.68. The Morgan fingerprint density at radius 3 is 2.65 bits per heavy atom. The molecule has 0 aliphatic carbocycles. The van der Waals surface area contributed by atoms with Gasteiger partial charge in [-0.25, -0.2) is 9.18 Å². The van der Waals surface area contributed by atoms with Crippen molar-refractivity contribution in [3.8, 4) is 0 Å².